The average Bonchev–Trinajstić information content (AvgIpc) is 3.24. The third-order valence-corrected chi connectivity index (χ3v) is 6.15. The number of amides is 1. The average molecular weight is 398 g/mol. The number of hydrogen-bond donors (Lipinski definition) is 0. The van der Waals surface area contributed by atoms with E-state index in [2.05, 4.69) is 10.1 Å². The topological polar surface area (TPSA) is 68.5 Å². The molecule has 2 fully saturated rings. The highest BCUT2D eigenvalue weighted by Crippen LogP contribution is 2.29. The first-order valence-corrected chi connectivity index (χ1v) is 11.0. The smallest absolute Gasteiger partial charge is 0.252 e. The summed E-state index contributed by atoms with van der Waals surface area (Å²) < 4.78 is 11.1. The van der Waals surface area contributed by atoms with Crippen molar-refractivity contribution in [3.05, 3.63) is 47.6 Å². The van der Waals surface area contributed by atoms with Gasteiger partial charge in [-0.25, -0.2) is 0 Å². The standard InChI is InChI=1S/C23H31N3O3/c27-22(14-18-8-3-1-4-9-18)26-13-7-12-20(15-26)23-24-21(29-25-23)17-28-16-19-10-5-2-6-11-19/h2,5-6,10-11,18,20H,1,3-4,7-9,12-17H2. The van der Waals surface area contributed by atoms with Crippen molar-refractivity contribution in [1.29, 1.82) is 0 Å². The minimum Gasteiger partial charge on any atom is -0.367 e. The van der Waals surface area contributed by atoms with Gasteiger partial charge >= 0.3 is 0 Å². The lowest BCUT2D eigenvalue weighted by atomic mass is 9.86. The fraction of sp³-hybridized carbons (Fsp3) is 0.609. The highest BCUT2D eigenvalue weighted by Gasteiger charge is 2.29. The molecule has 6 nitrogen and oxygen atoms in total. The summed E-state index contributed by atoms with van der Waals surface area (Å²) in [6, 6.07) is 10.0. The molecule has 1 aliphatic carbocycles. The van der Waals surface area contributed by atoms with E-state index in [1.165, 1.54) is 32.1 Å². The molecule has 1 unspecified atom stereocenters. The first kappa shape index (κ1) is 20.1. The molecule has 1 saturated carbocycles. The van der Waals surface area contributed by atoms with E-state index in [4.69, 9.17) is 9.26 Å². The van der Waals surface area contributed by atoms with Crippen LogP contribution in [0.2, 0.25) is 0 Å². The minimum atomic E-state index is 0.158. The van der Waals surface area contributed by atoms with E-state index in [0.717, 1.165) is 24.9 Å². The second-order valence-electron chi connectivity index (χ2n) is 8.41. The molecule has 29 heavy (non-hydrogen) atoms. The van der Waals surface area contributed by atoms with Gasteiger partial charge in [0.15, 0.2) is 5.82 Å². The van der Waals surface area contributed by atoms with Crippen LogP contribution in [-0.4, -0.2) is 34.0 Å². The van der Waals surface area contributed by atoms with E-state index >= 15 is 0 Å². The van der Waals surface area contributed by atoms with Gasteiger partial charge in [0.25, 0.3) is 5.89 Å². The maximum Gasteiger partial charge on any atom is 0.252 e. The van der Waals surface area contributed by atoms with Crippen molar-refractivity contribution in [2.45, 2.75) is 70.5 Å². The molecule has 0 bridgehead atoms. The van der Waals surface area contributed by atoms with Crippen molar-refractivity contribution >= 4 is 5.91 Å². The molecule has 1 aromatic carbocycles. The maximum atomic E-state index is 12.8. The third-order valence-electron chi connectivity index (χ3n) is 6.15. The van der Waals surface area contributed by atoms with Crippen LogP contribution < -0.4 is 0 Å². The Morgan fingerprint density at radius 3 is 2.72 bits per heavy atom. The van der Waals surface area contributed by atoms with Crippen LogP contribution in [0, 0.1) is 5.92 Å². The van der Waals surface area contributed by atoms with Crippen molar-refractivity contribution in [3.8, 4) is 0 Å². The lowest BCUT2D eigenvalue weighted by Gasteiger charge is -2.33. The summed E-state index contributed by atoms with van der Waals surface area (Å²) in [6.45, 7) is 2.38. The monoisotopic (exact) mass is 397 g/mol. The fourth-order valence-corrected chi connectivity index (χ4v) is 4.50. The summed E-state index contributed by atoms with van der Waals surface area (Å²) in [5.74, 6) is 2.25. The van der Waals surface area contributed by atoms with Gasteiger partial charge in [-0.05, 0) is 37.2 Å². The number of carbonyl (C=O) groups excluding carboxylic acids is 1. The normalized spacial score (nSPS) is 20.7. The van der Waals surface area contributed by atoms with Gasteiger partial charge in [0.05, 0.1) is 6.61 Å². The van der Waals surface area contributed by atoms with Gasteiger partial charge in [-0.15, -0.1) is 0 Å². The largest absolute Gasteiger partial charge is 0.367 e. The number of piperidine rings is 1. The van der Waals surface area contributed by atoms with Crippen LogP contribution in [0.4, 0.5) is 0 Å². The van der Waals surface area contributed by atoms with Crippen LogP contribution in [0.15, 0.2) is 34.9 Å². The number of nitrogens with zero attached hydrogens (tertiary/aromatic N) is 3. The second kappa shape index (κ2) is 10.0. The molecule has 156 valence electrons. The highest BCUT2D eigenvalue weighted by molar-refractivity contribution is 5.76. The number of ether oxygens (including phenoxy) is 1. The summed E-state index contributed by atoms with van der Waals surface area (Å²) in [5.41, 5.74) is 1.12. The van der Waals surface area contributed by atoms with Gasteiger partial charge in [-0.2, -0.15) is 4.98 Å². The van der Waals surface area contributed by atoms with Gasteiger partial charge in [-0.3, -0.25) is 4.79 Å². The van der Waals surface area contributed by atoms with E-state index in [1.54, 1.807) is 0 Å². The minimum absolute atomic E-state index is 0.158. The number of hydrogen-bond acceptors (Lipinski definition) is 5. The number of aromatic nitrogens is 2. The Bertz CT molecular complexity index is 771. The van der Waals surface area contributed by atoms with Gasteiger partial charge in [0.1, 0.15) is 6.61 Å². The molecule has 2 aromatic rings. The molecule has 0 N–H and O–H groups in total. The Morgan fingerprint density at radius 2 is 1.90 bits per heavy atom. The van der Waals surface area contributed by atoms with E-state index in [-0.39, 0.29) is 5.92 Å². The first-order chi connectivity index (χ1) is 14.3. The fourth-order valence-electron chi connectivity index (χ4n) is 4.50. The molecule has 1 saturated heterocycles. The summed E-state index contributed by atoms with van der Waals surface area (Å²) in [4.78, 5) is 19.3. The molecular formula is C23H31N3O3. The highest BCUT2D eigenvalue weighted by atomic mass is 16.5. The Kier molecular flexibility index (Phi) is 6.93. The zero-order valence-electron chi connectivity index (χ0n) is 17.1. The maximum absolute atomic E-state index is 12.8. The SMILES string of the molecule is O=C(CC1CCCCC1)N1CCCC(c2noc(COCc3ccccc3)n2)C1. The van der Waals surface area contributed by atoms with E-state index in [0.29, 0.717) is 49.7 Å². The zero-order chi connectivity index (χ0) is 19.9. The first-order valence-electron chi connectivity index (χ1n) is 11.0. The third kappa shape index (κ3) is 5.66. The van der Waals surface area contributed by atoms with Crippen molar-refractivity contribution < 1.29 is 14.1 Å². The zero-order valence-corrected chi connectivity index (χ0v) is 17.1. The van der Waals surface area contributed by atoms with Crippen molar-refractivity contribution in [3.63, 3.8) is 0 Å². The van der Waals surface area contributed by atoms with Crippen LogP contribution in [0.5, 0.6) is 0 Å². The Hall–Kier alpha value is -2.21. The molecule has 1 atom stereocenters. The Labute approximate surface area is 172 Å². The molecule has 1 aliphatic heterocycles. The molecular weight excluding hydrogens is 366 g/mol. The lowest BCUT2D eigenvalue weighted by Crippen LogP contribution is -2.40. The second-order valence-corrected chi connectivity index (χ2v) is 8.41. The van der Waals surface area contributed by atoms with Gasteiger partial charge in [0.2, 0.25) is 5.91 Å². The summed E-state index contributed by atoms with van der Waals surface area (Å²) in [6.07, 6.45) is 8.99. The number of benzene rings is 1. The molecule has 1 amide bonds. The van der Waals surface area contributed by atoms with Gasteiger partial charge in [0, 0.05) is 25.4 Å². The molecule has 2 heterocycles. The van der Waals surface area contributed by atoms with Crippen LogP contribution in [0.1, 0.15) is 74.6 Å². The quantitative estimate of drug-likeness (QED) is 0.690. The van der Waals surface area contributed by atoms with E-state index < -0.39 is 0 Å². The van der Waals surface area contributed by atoms with Crippen molar-refractivity contribution in [2.24, 2.45) is 5.92 Å². The predicted molar refractivity (Wildman–Crippen MR) is 109 cm³/mol. The van der Waals surface area contributed by atoms with Crippen LogP contribution in [0.3, 0.4) is 0 Å². The Balaban J connectivity index is 1.26. The molecule has 4 rings (SSSR count). The van der Waals surface area contributed by atoms with Gasteiger partial charge < -0.3 is 14.2 Å². The molecule has 2 aliphatic rings. The summed E-state index contributed by atoms with van der Waals surface area (Å²) in [5, 5.41) is 4.17. The summed E-state index contributed by atoms with van der Waals surface area (Å²) in [7, 11) is 0. The number of carbonyl (C=O) groups is 1. The van der Waals surface area contributed by atoms with E-state index in [1.807, 2.05) is 35.2 Å². The number of rotatable bonds is 7. The molecule has 0 radical (unpaired) electrons. The van der Waals surface area contributed by atoms with Gasteiger partial charge in [-0.1, -0.05) is 54.8 Å². The van der Waals surface area contributed by atoms with Crippen LogP contribution >= 0.6 is 0 Å². The molecule has 1 aromatic heterocycles. The van der Waals surface area contributed by atoms with Crippen LogP contribution in [-0.2, 0) is 22.7 Å². The predicted octanol–water partition coefficient (Wildman–Crippen LogP) is 4.46. The van der Waals surface area contributed by atoms with Crippen molar-refractivity contribution in [1.82, 2.24) is 15.0 Å². The number of likely N-dealkylation sites (tertiary alicyclic amines) is 1. The molecule has 6 heteroatoms. The lowest BCUT2D eigenvalue weighted by molar-refractivity contribution is -0.133. The summed E-state index contributed by atoms with van der Waals surface area (Å²) >= 11 is 0. The Morgan fingerprint density at radius 1 is 1.07 bits per heavy atom. The molecule has 0 spiro atoms. The van der Waals surface area contributed by atoms with Crippen molar-refractivity contribution in [2.75, 3.05) is 13.1 Å². The van der Waals surface area contributed by atoms with Crippen LogP contribution in [0.25, 0.3) is 0 Å². The van der Waals surface area contributed by atoms with E-state index in [9.17, 15) is 4.79 Å².